The minimum Gasteiger partial charge on any atom is -0.489 e. The van der Waals surface area contributed by atoms with Gasteiger partial charge in [0.2, 0.25) is 0 Å². The van der Waals surface area contributed by atoms with E-state index in [2.05, 4.69) is 15.9 Å². The smallest absolute Gasteiger partial charge is 0.338 e. The Morgan fingerprint density at radius 1 is 0.821 bits per heavy atom. The summed E-state index contributed by atoms with van der Waals surface area (Å²) in [5, 5.41) is 0. The molecule has 0 saturated heterocycles. The fourth-order valence-corrected chi connectivity index (χ4v) is 2.74. The van der Waals surface area contributed by atoms with Crippen molar-refractivity contribution in [1.29, 1.82) is 0 Å². The monoisotopic (exact) mass is 438 g/mol. The second-order valence-electron chi connectivity index (χ2n) is 6.30. The Balaban J connectivity index is 1.51. The Hall–Kier alpha value is -2.92. The molecule has 0 aromatic heterocycles. The van der Waals surface area contributed by atoms with Crippen molar-refractivity contribution in [2.24, 2.45) is 0 Å². The zero-order valence-electron chi connectivity index (χ0n) is 15.4. The molecule has 0 N–H and O–H groups in total. The maximum atomic E-state index is 12.1. The van der Waals surface area contributed by atoms with E-state index in [4.69, 9.17) is 9.47 Å². The SMILES string of the molecule is Cc1ccc(OCc2ccc(C(=O)OCC(=O)c3ccc(Br)cc3)cc2)cc1. The van der Waals surface area contributed by atoms with E-state index < -0.39 is 5.97 Å². The molecule has 0 aliphatic carbocycles. The number of benzene rings is 3. The summed E-state index contributed by atoms with van der Waals surface area (Å²) in [5.41, 5.74) is 3.00. The molecule has 4 nitrogen and oxygen atoms in total. The minimum atomic E-state index is -0.531. The van der Waals surface area contributed by atoms with Gasteiger partial charge in [0.1, 0.15) is 12.4 Å². The number of carbonyl (C=O) groups excluding carboxylic acids is 2. The van der Waals surface area contributed by atoms with Gasteiger partial charge in [-0.25, -0.2) is 4.79 Å². The minimum absolute atomic E-state index is 0.246. The van der Waals surface area contributed by atoms with Gasteiger partial charge in [-0.3, -0.25) is 4.79 Å². The number of carbonyl (C=O) groups is 2. The van der Waals surface area contributed by atoms with Gasteiger partial charge in [0.05, 0.1) is 5.56 Å². The van der Waals surface area contributed by atoms with Crippen LogP contribution in [0.4, 0.5) is 0 Å². The van der Waals surface area contributed by atoms with E-state index >= 15 is 0 Å². The van der Waals surface area contributed by atoms with Gasteiger partial charge in [-0.15, -0.1) is 0 Å². The van der Waals surface area contributed by atoms with Crippen LogP contribution in [0.1, 0.15) is 31.8 Å². The molecule has 0 heterocycles. The molecule has 3 aromatic carbocycles. The number of ketones is 1. The highest BCUT2D eigenvalue weighted by Crippen LogP contribution is 2.15. The molecule has 0 aliphatic heterocycles. The van der Waals surface area contributed by atoms with Gasteiger partial charge in [0.15, 0.2) is 12.4 Å². The summed E-state index contributed by atoms with van der Waals surface area (Å²) in [6.07, 6.45) is 0. The number of ether oxygens (including phenoxy) is 2. The lowest BCUT2D eigenvalue weighted by molar-refractivity contribution is 0.0474. The van der Waals surface area contributed by atoms with Crippen molar-refractivity contribution in [3.05, 3.63) is 99.5 Å². The van der Waals surface area contributed by atoms with E-state index in [9.17, 15) is 9.59 Å². The zero-order chi connectivity index (χ0) is 19.9. The molecular weight excluding hydrogens is 420 g/mol. The fraction of sp³-hybridized carbons (Fsp3) is 0.130. The van der Waals surface area contributed by atoms with Gasteiger partial charge in [-0.05, 0) is 48.9 Å². The molecule has 0 unspecified atom stereocenters. The van der Waals surface area contributed by atoms with Crippen LogP contribution in [-0.2, 0) is 11.3 Å². The average molecular weight is 439 g/mol. The Morgan fingerprint density at radius 2 is 1.43 bits per heavy atom. The van der Waals surface area contributed by atoms with Gasteiger partial charge in [0, 0.05) is 10.0 Å². The third-order valence-corrected chi connectivity index (χ3v) is 4.65. The standard InChI is InChI=1S/C23H19BrO4/c1-16-2-12-21(13-3-16)27-14-17-4-6-19(7-5-17)23(26)28-15-22(25)18-8-10-20(24)11-9-18/h2-13H,14-15H2,1H3. The molecule has 28 heavy (non-hydrogen) atoms. The van der Waals surface area contributed by atoms with E-state index in [-0.39, 0.29) is 12.4 Å². The van der Waals surface area contributed by atoms with Crippen molar-refractivity contribution < 1.29 is 19.1 Å². The molecule has 0 aliphatic rings. The second kappa shape index (κ2) is 9.33. The van der Waals surface area contributed by atoms with Gasteiger partial charge in [-0.1, -0.05) is 57.9 Å². The summed E-state index contributed by atoms with van der Waals surface area (Å²) < 4.78 is 11.7. The maximum Gasteiger partial charge on any atom is 0.338 e. The van der Waals surface area contributed by atoms with E-state index in [1.54, 1.807) is 48.5 Å². The summed E-state index contributed by atoms with van der Waals surface area (Å²) >= 11 is 3.31. The molecule has 0 radical (unpaired) electrons. The van der Waals surface area contributed by atoms with Crippen LogP contribution in [0.5, 0.6) is 5.75 Å². The van der Waals surface area contributed by atoms with Crippen LogP contribution < -0.4 is 4.74 Å². The molecular formula is C23H19BrO4. The predicted molar refractivity (Wildman–Crippen MR) is 111 cm³/mol. The first-order valence-electron chi connectivity index (χ1n) is 8.75. The average Bonchev–Trinajstić information content (AvgIpc) is 2.72. The van der Waals surface area contributed by atoms with Gasteiger partial charge in [0.25, 0.3) is 0 Å². The highest BCUT2D eigenvalue weighted by Gasteiger charge is 2.12. The molecule has 142 valence electrons. The Kier molecular flexibility index (Phi) is 6.61. The van der Waals surface area contributed by atoms with Crippen LogP contribution in [0.3, 0.4) is 0 Å². The van der Waals surface area contributed by atoms with Crippen molar-refractivity contribution in [2.75, 3.05) is 6.61 Å². The molecule has 0 fully saturated rings. The summed E-state index contributed by atoms with van der Waals surface area (Å²) in [4.78, 5) is 24.2. The van der Waals surface area contributed by atoms with Crippen LogP contribution in [0.25, 0.3) is 0 Å². The number of hydrogen-bond acceptors (Lipinski definition) is 4. The lowest BCUT2D eigenvalue weighted by atomic mass is 10.1. The zero-order valence-corrected chi connectivity index (χ0v) is 16.9. The second-order valence-corrected chi connectivity index (χ2v) is 7.22. The van der Waals surface area contributed by atoms with E-state index in [1.165, 1.54) is 5.56 Å². The number of aryl methyl sites for hydroxylation is 1. The molecule has 0 spiro atoms. The Morgan fingerprint density at radius 3 is 2.07 bits per heavy atom. The van der Waals surface area contributed by atoms with Crippen LogP contribution in [-0.4, -0.2) is 18.4 Å². The number of rotatable bonds is 7. The van der Waals surface area contributed by atoms with Crippen molar-refractivity contribution in [3.63, 3.8) is 0 Å². The molecule has 0 saturated carbocycles. The quantitative estimate of drug-likeness (QED) is 0.367. The Labute approximate surface area is 172 Å². The van der Waals surface area contributed by atoms with Crippen LogP contribution in [0.15, 0.2) is 77.3 Å². The maximum absolute atomic E-state index is 12.1. The largest absolute Gasteiger partial charge is 0.489 e. The van der Waals surface area contributed by atoms with E-state index in [0.29, 0.717) is 17.7 Å². The molecule has 3 aromatic rings. The topological polar surface area (TPSA) is 52.6 Å². The van der Waals surface area contributed by atoms with E-state index in [0.717, 1.165) is 15.8 Å². The highest BCUT2D eigenvalue weighted by molar-refractivity contribution is 9.10. The van der Waals surface area contributed by atoms with E-state index in [1.807, 2.05) is 31.2 Å². The summed E-state index contributed by atoms with van der Waals surface area (Å²) in [6, 6.07) is 21.7. The van der Waals surface area contributed by atoms with Crippen LogP contribution in [0, 0.1) is 6.92 Å². The highest BCUT2D eigenvalue weighted by atomic mass is 79.9. The normalized spacial score (nSPS) is 10.4. The third kappa shape index (κ3) is 5.54. The third-order valence-electron chi connectivity index (χ3n) is 4.12. The lowest BCUT2D eigenvalue weighted by Crippen LogP contribution is -2.14. The molecule has 0 atom stereocenters. The van der Waals surface area contributed by atoms with Crippen LogP contribution >= 0.6 is 15.9 Å². The predicted octanol–water partition coefficient (Wildman–Crippen LogP) is 5.38. The number of halogens is 1. The van der Waals surface area contributed by atoms with Gasteiger partial charge >= 0.3 is 5.97 Å². The van der Waals surface area contributed by atoms with Gasteiger partial charge < -0.3 is 9.47 Å². The van der Waals surface area contributed by atoms with Crippen molar-refractivity contribution >= 4 is 27.7 Å². The van der Waals surface area contributed by atoms with Crippen molar-refractivity contribution in [1.82, 2.24) is 0 Å². The van der Waals surface area contributed by atoms with Gasteiger partial charge in [-0.2, -0.15) is 0 Å². The lowest BCUT2D eigenvalue weighted by Gasteiger charge is -2.08. The fourth-order valence-electron chi connectivity index (χ4n) is 2.47. The number of hydrogen-bond donors (Lipinski definition) is 0. The summed E-state index contributed by atoms with van der Waals surface area (Å²) in [6.45, 7) is 2.13. The molecule has 0 bridgehead atoms. The van der Waals surface area contributed by atoms with Crippen molar-refractivity contribution in [2.45, 2.75) is 13.5 Å². The molecule has 3 rings (SSSR count). The summed E-state index contributed by atoms with van der Waals surface area (Å²) in [7, 11) is 0. The number of esters is 1. The summed E-state index contributed by atoms with van der Waals surface area (Å²) in [5.74, 6) is 0.0148. The molecule has 0 amide bonds. The molecule has 5 heteroatoms. The van der Waals surface area contributed by atoms with Crippen LogP contribution in [0.2, 0.25) is 0 Å². The first-order valence-corrected chi connectivity index (χ1v) is 9.55. The first kappa shape index (κ1) is 19.8. The number of Topliss-reactive ketones (excluding diaryl/α,β-unsaturated/α-hetero) is 1. The first-order chi connectivity index (χ1) is 13.5. The Bertz CT molecular complexity index is 945. The van der Waals surface area contributed by atoms with Crippen molar-refractivity contribution in [3.8, 4) is 5.75 Å².